The van der Waals surface area contributed by atoms with Crippen molar-refractivity contribution in [2.24, 2.45) is 5.92 Å². The normalized spacial score (nSPS) is 10.6. The highest BCUT2D eigenvalue weighted by Crippen LogP contribution is 2.13. The highest BCUT2D eigenvalue weighted by atomic mass is 16.5. The molecule has 0 fully saturated rings. The highest BCUT2D eigenvalue weighted by molar-refractivity contribution is 5.39. The van der Waals surface area contributed by atoms with Gasteiger partial charge in [0.25, 0.3) is 0 Å². The van der Waals surface area contributed by atoms with Crippen LogP contribution in [0.5, 0.6) is 5.75 Å². The van der Waals surface area contributed by atoms with Crippen molar-refractivity contribution in [3.8, 4) is 5.75 Å². The molecule has 1 heterocycles. The number of methoxy groups -OCH3 is 1. The molecule has 0 saturated carbocycles. The Bertz CT molecular complexity index is 601. The van der Waals surface area contributed by atoms with Crippen LogP contribution in [-0.4, -0.2) is 30.2 Å². The number of hydrogen-bond donors (Lipinski definition) is 2. The SMILES string of the molecule is COc1cccc(CCNc2ccnc(NCCC(C)C)n2)c1. The first kappa shape index (κ1) is 17.1. The number of nitrogens with one attached hydrogen (secondary N) is 2. The number of ether oxygens (including phenoxy) is 1. The van der Waals surface area contributed by atoms with Gasteiger partial charge in [0.15, 0.2) is 0 Å². The molecule has 5 heteroatoms. The fourth-order valence-electron chi connectivity index (χ4n) is 2.18. The van der Waals surface area contributed by atoms with Crippen LogP contribution in [0.15, 0.2) is 36.5 Å². The molecule has 1 aromatic carbocycles. The van der Waals surface area contributed by atoms with E-state index >= 15 is 0 Å². The van der Waals surface area contributed by atoms with Crippen LogP contribution in [0.1, 0.15) is 25.8 Å². The summed E-state index contributed by atoms with van der Waals surface area (Å²) in [5.74, 6) is 3.08. The third-order valence-electron chi connectivity index (χ3n) is 3.51. The fraction of sp³-hybridized carbons (Fsp3) is 0.444. The van der Waals surface area contributed by atoms with Crippen molar-refractivity contribution >= 4 is 11.8 Å². The molecule has 0 radical (unpaired) electrons. The number of anilines is 2. The number of aromatic nitrogens is 2. The summed E-state index contributed by atoms with van der Waals surface area (Å²) in [7, 11) is 1.69. The van der Waals surface area contributed by atoms with Crippen LogP contribution in [0.4, 0.5) is 11.8 Å². The maximum absolute atomic E-state index is 5.24. The molecule has 2 aromatic rings. The molecule has 0 saturated heterocycles. The summed E-state index contributed by atoms with van der Waals surface area (Å²) in [5.41, 5.74) is 1.24. The van der Waals surface area contributed by atoms with E-state index in [2.05, 4.69) is 46.6 Å². The summed E-state index contributed by atoms with van der Waals surface area (Å²) >= 11 is 0. The van der Waals surface area contributed by atoms with Gasteiger partial charge in [-0.15, -0.1) is 0 Å². The largest absolute Gasteiger partial charge is 0.497 e. The molecule has 0 aliphatic carbocycles. The Hall–Kier alpha value is -2.30. The van der Waals surface area contributed by atoms with E-state index in [1.54, 1.807) is 13.3 Å². The lowest BCUT2D eigenvalue weighted by atomic mass is 10.1. The van der Waals surface area contributed by atoms with Crippen molar-refractivity contribution in [2.45, 2.75) is 26.7 Å². The maximum atomic E-state index is 5.24. The van der Waals surface area contributed by atoms with Crippen molar-refractivity contribution in [1.29, 1.82) is 0 Å². The lowest BCUT2D eigenvalue weighted by Gasteiger charge is -2.09. The lowest BCUT2D eigenvalue weighted by molar-refractivity contribution is 0.414. The molecule has 0 atom stereocenters. The van der Waals surface area contributed by atoms with Gasteiger partial charge in [-0.3, -0.25) is 0 Å². The first-order chi connectivity index (χ1) is 11.2. The summed E-state index contributed by atoms with van der Waals surface area (Å²) in [6.07, 6.45) is 3.80. The summed E-state index contributed by atoms with van der Waals surface area (Å²) in [6, 6.07) is 10.0. The molecule has 0 spiro atoms. The molecule has 0 aliphatic rings. The first-order valence-electron chi connectivity index (χ1n) is 8.11. The minimum atomic E-state index is 0.673. The van der Waals surface area contributed by atoms with Gasteiger partial charge in [0.05, 0.1) is 7.11 Å². The Labute approximate surface area is 138 Å². The molecule has 1 aromatic heterocycles. The van der Waals surface area contributed by atoms with Gasteiger partial charge in [-0.05, 0) is 42.5 Å². The second kappa shape index (κ2) is 8.98. The van der Waals surface area contributed by atoms with E-state index in [9.17, 15) is 0 Å². The lowest BCUT2D eigenvalue weighted by Crippen LogP contribution is -2.10. The van der Waals surface area contributed by atoms with Crippen molar-refractivity contribution < 1.29 is 4.74 Å². The van der Waals surface area contributed by atoms with Crippen LogP contribution in [0, 0.1) is 5.92 Å². The predicted molar refractivity (Wildman–Crippen MR) is 95.2 cm³/mol. The third-order valence-corrected chi connectivity index (χ3v) is 3.51. The summed E-state index contributed by atoms with van der Waals surface area (Å²) in [4.78, 5) is 8.72. The Balaban J connectivity index is 1.81. The quantitative estimate of drug-likeness (QED) is 0.740. The van der Waals surface area contributed by atoms with E-state index in [-0.39, 0.29) is 0 Å². The molecular weight excluding hydrogens is 288 g/mol. The standard InChI is InChI=1S/C18H26N4O/c1-14(2)7-10-20-18-21-12-9-17(22-18)19-11-8-15-5-4-6-16(13-15)23-3/h4-6,9,12-14H,7-8,10-11H2,1-3H3,(H2,19,20,21,22). The Morgan fingerprint density at radius 3 is 2.78 bits per heavy atom. The molecule has 2 N–H and O–H groups in total. The van der Waals surface area contributed by atoms with Crippen LogP contribution in [-0.2, 0) is 6.42 Å². The Kier molecular flexibility index (Phi) is 6.66. The van der Waals surface area contributed by atoms with Crippen molar-refractivity contribution in [3.63, 3.8) is 0 Å². The van der Waals surface area contributed by atoms with Crippen molar-refractivity contribution in [1.82, 2.24) is 9.97 Å². The summed E-state index contributed by atoms with van der Waals surface area (Å²) in [6.45, 7) is 6.12. The van der Waals surface area contributed by atoms with E-state index in [0.29, 0.717) is 11.9 Å². The predicted octanol–water partition coefficient (Wildman–Crippen LogP) is 3.60. The molecule has 0 bridgehead atoms. The van der Waals surface area contributed by atoms with Crippen LogP contribution < -0.4 is 15.4 Å². The summed E-state index contributed by atoms with van der Waals surface area (Å²) in [5, 5.41) is 6.60. The van der Waals surface area contributed by atoms with Gasteiger partial charge in [-0.1, -0.05) is 26.0 Å². The van der Waals surface area contributed by atoms with Crippen LogP contribution >= 0.6 is 0 Å². The molecule has 0 amide bonds. The minimum Gasteiger partial charge on any atom is -0.497 e. The van der Waals surface area contributed by atoms with Crippen molar-refractivity contribution in [2.75, 3.05) is 30.8 Å². The number of rotatable bonds is 9. The van der Waals surface area contributed by atoms with Crippen molar-refractivity contribution in [3.05, 3.63) is 42.1 Å². The van der Waals surface area contributed by atoms with Gasteiger partial charge in [0, 0.05) is 19.3 Å². The van der Waals surface area contributed by atoms with E-state index in [1.807, 2.05) is 18.2 Å². The molecule has 2 rings (SSSR count). The molecule has 23 heavy (non-hydrogen) atoms. The second-order valence-corrected chi connectivity index (χ2v) is 5.90. The average molecular weight is 314 g/mol. The maximum Gasteiger partial charge on any atom is 0.224 e. The topological polar surface area (TPSA) is 59.1 Å². The van der Waals surface area contributed by atoms with Crippen LogP contribution in [0.2, 0.25) is 0 Å². The highest BCUT2D eigenvalue weighted by Gasteiger charge is 2.01. The van der Waals surface area contributed by atoms with Gasteiger partial charge in [0.1, 0.15) is 11.6 Å². The zero-order valence-corrected chi connectivity index (χ0v) is 14.2. The number of hydrogen-bond acceptors (Lipinski definition) is 5. The Morgan fingerprint density at radius 2 is 2.00 bits per heavy atom. The first-order valence-corrected chi connectivity index (χ1v) is 8.11. The van der Waals surface area contributed by atoms with Gasteiger partial charge in [0.2, 0.25) is 5.95 Å². The van der Waals surface area contributed by atoms with Crippen LogP contribution in [0.25, 0.3) is 0 Å². The molecule has 124 valence electrons. The zero-order chi connectivity index (χ0) is 16.5. The molecule has 0 unspecified atom stereocenters. The number of nitrogens with zero attached hydrogens (tertiary/aromatic N) is 2. The molecular formula is C18H26N4O. The zero-order valence-electron chi connectivity index (χ0n) is 14.2. The van der Waals surface area contributed by atoms with Crippen LogP contribution in [0.3, 0.4) is 0 Å². The van der Waals surface area contributed by atoms with E-state index in [0.717, 1.165) is 37.5 Å². The van der Waals surface area contributed by atoms with Gasteiger partial charge < -0.3 is 15.4 Å². The molecule has 5 nitrogen and oxygen atoms in total. The van der Waals surface area contributed by atoms with E-state index in [4.69, 9.17) is 4.74 Å². The van der Waals surface area contributed by atoms with Gasteiger partial charge in [-0.25, -0.2) is 4.98 Å². The Morgan fingerprint density at radius 1 is 1.13 bits per heavy atom. The van der Waals surface area contributed by atoms with E-state index in [1.165, 1.54) is 5.56 Å². The fourth-order valence-corrected chi connectivity index (χ4v) is 2.18. The monoisotopic (exact) mass is 314 g/mol. The third kappa shape index (κ3) is 6.14. The van der Waals surface area contributed by atoms with Gasteiger partial charge >= 0.3 is 0 Å². The van der Waals surface area contributed by atoms with Gasteiger partial charge in [-0.2, -0.15) is 4.98 Å². The summed E-state index contributed by atoms with van der Waals surface area (Å²) < 4.78 is 5.24. The minimum absolute atomic E-state index is 0.673. The van der Waals surface area contributed by atoms with E-state index < -0.39 is 0 Å². The second-order valence-electron chi connectivity index (χ2n) is 5.90. The number of benzene rings is 1. The average Bonchev–Trinajstić information content (AvgIpc) is 2.55. The molecule has 0 aliphatic heterocycles. The smallest absolute Gasteiger partial charge is 0.224 e.